The summed E-state index contributed by atoms with van der Waals surface area (Å²) in [6, 6.07) is 13.5. The molecule has 0 aliphatic carbocycles. The van der Waals surface area contributed by atoms with E-state index in [1.807, 2.05) is 50.2 Å². The number of amides is 1. The molecule has 1 amide bonds. The van der Waals surface area contributed by atoms with Crippen molar-refractivity contribution in [2.24, 2.45) is 0 Å². The van der Waals surface area contributed by atoms with Gasteiger partial charge in [0.05, 0.1) is 6.42 Å². The summed E-state index contributed by atoms with van der Waals surface area (Å²) in [5, 5.41) is 7.76. The highest BCUT2D eigenvalue weighted by Gasteiger charge is 2.12. The van der Waals surface area contributed by atoms with Gasteiger partial charge in [0.1, 0.15) is 5.69 Å². The summed E-state index contributed by atoms with van der Waals surface area (Å²) in [6.07, 6.45) is 0.198. The quantitative estimate of drug-likeness (QED) is 0.797. The summed E-state index contributed by atoms with van der Waals surface area (Å²) in [5.74, 6) is -0.0981. The molecule has 0 atom stereocenters. The number of nitrogens with one attached hydrogen (secondary N) is 1. The molecule has 4 heteroatoms. The predicted molar refractivity (Wildman–Crippen MR) is 82.3 cm³/mol. The standard InChI is InChI=1S/C17H16N2O2/c1-11-7-12(2)9-13(8-11)18-17(20)10-15-14-5-3-4-6-16(14)21-19-15/h3-9H,10H2,1-2H3,(H,18,20). The van der Waals surface area contributed by atoms with Crippen LogP contribution in [0.3, 0.4) is 0 Å². The molecule has 21 heavy (non-hydrogen) atoms. The van der Waals surface area contributed by atoms with Crippen LogP contribution in [0.4, 0.5) is 5.69 Å². The Morgan fingerprint density at radius 3 is 2.62 bits per heavy atom. The van der Waals surface area contributed by atoms with E-state index in [4.69, 9.17) is 4.52 Å². The molecule has 4 nitrogen and oxygen atoms in total. The number of para-hydroxylation sites is 1. The Morgan fingerprint density at radius 2 is 1.86 bits per heavy atom. The minimum absolute atomic E-state index is 0.0981. The maximum absolute atomic E-state index is 12.2. The van der Waals surface area contributed by atoms with E-state index in [0.29, 0.717) is 11.3 Å². The van der Waals surface area contributed by atoms with Crippen LogP contribution in [0.5, 0.6) is 0 Å². The van der Waals surface area contributed by atoms with Crippen molar-refractivity contribution in [3.8, 4) is 0 Å². The first-order valence-electron chi connectivity index (χ1n) is 6.83. The Kier molecular flexibility index (Phi) is 3.44. The van der Waals surface area contributed by atoms with Crippen LogP contribution >= 0.6 is 0 Å². The molecule has 0 fully saturated rings. The second-order valence-corrected chi connectivity index (χ2v) is 5.23. The van der Waals surface area contributed by atoms with E-state index in [0.717, 1.165) is 22.2 Å². The molecule has 0 aliphatic heterocycles. The van der Waals surface area contributed by atoms with Gasteiger partial charge in [-0.1, -0.05) is 23.4 Å². The van der Waals surface area contributed by atoms with Crippen molar-refractivity contribution in [3.63, 3.8) is 0 Å². The third-order valence-corrected chi connectivity index (χ3v) is 3.29. The Balaban J connectivity index is 1.77. The smallest absolute Gasteiger partial charge is 0.230 e. The third-order valence-electron chi connectivity index (χ3n) is 3.29. The number of rotatable bonds is 3. The van der Waals surface area contributed by atoms with Gasteiger partial charge in [-0.15, -0.1) is 0 Å². The van der Waals surface area contributed by atoms with Crippen LogP contribution < -0.4 is 5.32 Å². The predicted octanol–water partition coefficient (Wildman–Crippen LogP) is 3.63. The monoisotopic (exact) mass is 280 g/mol. The van der Waals surface area contributed by atoms with Gasteiger partial charge in [-0.2, -0.15) is 0 Å². The highest BCUT2D eigenvalue weighted by Crippen LogP contribution is 2.19. The van der Waals surface area contributed by atoms with Crippen molar-refractivity contribution in [2.75, 3.05) is 5.32 Å². The number of benzene rings is 2. The molecule has 1 aromatic heterocycles. The largest absolute Gasteiger partial charge is 0.356 e. The minimum atomic E-state index is -0.0981. The number of carbonyl (C=O) groups excluding carboxylic acids is 1. The van der Waals surface area contributed by atoms with Crippen LogP contribution in [0.1, 0.15) is 16.8 Å². The topological polar surface area (TPSA) is 55.1 Å². The lowest BCUT2D eigenvalue weighted by Gasteiger charge is -2.06. The highest BCUT2D eigenvalue weighted by molar-refractivity contribution is 5.94. The van der Waals surface area contributed by atoms with E-state index in [2.05, 4.69) is 16.5 Å². The number of aromatic nitrogens is 1. The average Bonchev–Trinajstić information content (AvgIpc) is 2.81. The lowest BCUT2D eigenvalue weighted by atomic mass is 10.1. The zero-order valence-electron chi connectivity index (χ0n) is 12.0. The SMILES string of the molecule is Cc1cc(C)cc(NC(=O)Cc2noc3ccccc23)c1. The normalized spacial score (nSPS) is 10.8. The maximum Gasteiger partial charge on any atom is 0.230 e. The number of hydrogen-bond donors (Lipinski definition) is 1. The Labute approximate surface area is 122 Å². The lowest BCUT2D eigenvalue weighted by Crippen LogP contribution is -2.14. The molecule has 1 N–H and O–H groups in total. The fourth-order valence-corrected chi connectivity index (χ4v) is 2.47. The highest BCUT2D eigenvalue weighted by atomic mass is 16.5. The summed E-state index contributed by atoms with van der Waals surface area (Å²) in [4.78, 5) is 12.2. The van der Waals surface area contributed by atoms with Crippen molar-refractivity contribution in [1.82, 2.24) is 5.16 Å². The second-order valence-electron chi connectivity index (χ2n) is 5.23. The summed E-state index contributed by atoms with van der Waals surface area (Å²) in [7, 11) is 0. The average molecular weight is 280 g/mol. The molecule has 2 aromatic carbocycles. The van der Waals surface area contributed by atoms with E-state index >= 15 is 0 Å². The minimum Gasteiger partial charge on any atom is -0.356 e. The van der Waals surface area contributed by atoms with Crippen molar-refractivity contribution in [1.29, 1.82) is 0 Å². The molecular formula is C17H16N2O2. The van der Waals surface area contributed by atoms with Gasteiger partial charge < -0.3 is 9.84 Å². The van der Waals surface area contributed by atoms with Gasteiger partial charge in [0.2, 0.25) is 5.91 Å². The van der Waals surface area contributed by atoms with Crippen LogP contribution in [0, 0.1) is 13.8 Å². The molecule has 0 aliphatic rings. The van der Waals surface area contributed by atoms with E-state index in [-0.39, 0.29) is 12.3 Å². The van der Waals surface area contributed by atoms with Crippen molar-refractivity contribution in [2.45, 2.75) is 20.3 Å². The van der Waals surface area contributed by atoms with Gasteiger partial charge in [0.15, 0.2) is 5.58 Å². The van der Waals surface area contributed by atoms with Crippen molar-refractivity contribution >= 4 is 22.6 Å². The zero-order valence-corrected chi connectivity index (χ0v) is 12.0. The molecule has 3 rings (SSSR count). The number of anilines is 1. The first kappa shape index (κ1) is 13.4. The molecule has 0 radical (unpaired) electrons. The molecule has 3 aromatic rings. The van der Waals surface area contributed by atoms with Gasteiger partial charge in [-0.25, -0.2) is 0 Å². The number of carbonyl (C=O) groups is 1. The molecule has 0 spiro atoms. The van der Waals surface area contributed by atoms with Crippen molar-refractivity contribution in [3.05, 3.63) is 59.3 Å². The second kappa shape index (κ2) is 5.40. The number of aryl methyl sites for hydroxylation is 2. The third kappa shape index (κ3) is 2.94. The Bertz CT molecular complexity index is 785. The van der Waals surface area contributed by atoms with Crippen LogP contribution in [-0.4, -0.2) is 11.1 Å². The van der Waals surface area contributed by atoms with Gasteiger partial charge in [-0.05, 0) is 49.2 Å². The Hall–Kier alpha value is -2.62. The Morgan fingerprint density at radius 1 is 1.14 bits per heavy atom. The van der Waals surface area contributed by atoms with E-state index in [1.54, 1.807) is 0 Å². The molecule has 0 bridgehead atoms. The van der Waals surface area contributed by atoms with Crippen LogP contribution in [0.15, 0.2) is 47.0 Å². The summed E-state index contributed by atoms with van der Waals surface area (Å²) in [6.45, 7) is 4.02. The first-order valence-corrected chi connectivity index (χ1v) is 6.83. The van der Waals surface area contributed by atoms with Crippen LogP contribution in [-0.2, 0) is 11.2 Å². The zero-order chi connectivity index (χ0) is 14.8. The molecule has 0 saturated carbocycles. The van der Waals surface area contributed by atoms with Gasteiger partial charge >= 0.3 is 0 Å². The fraction of sp³-hybridized carbons (Fsp3) is 0.176. The number of nitrogens with zero attached hydrogens (tertiary/aromatic N) is 1. The molecule has 106 valence electrons. The van der Waals surface area contributed by atoms with Gasteiger partial charge in [0.25, 0.3) is 0 Å². The van der Waals surface area contributed by atoms with E-state index < -0.39 is 0 Å². The van der Waals surface area contributed by atoms with Gasteiger partial charge in [0, 0.05) is 11.1 Å². The van der Waals surface area contributed by atoms with E-state index in [9.17, 15) is 4.79 Å². The van der Waals surface area contributed by atoms with Crippen molar-refractivity contribution < 1.29 is 9.32 Å². The van der Waals surface area contributed by atoms with Crippen LogP contribution in [0.25, 0.3) is 11.0 Å². The molecule has 1 heterocycles. The number of hydrogen-bond acceptors (Lipinski definition) is 3. The van der Waals surface area contributed by atoms with Crippen LogP contribution in [0.2, 0.25) is 0 Å². The maximum atomic E-state index is 12.2. The summed E-state index contributed by atoms with van der Waals surface area (Å²) < 4.78 is 5.21. The first-order chi connectivity index (χ1) is 10.1. The summed E-state index contributed by atoms with van der Waals surface area (Å²) in [5.41, 5.74) is 4.42. The molecular weight excluding hydrogens is 264 g/mol. The fourth-order valence-electron chi connectivity index (χ4n) is 2.47. The summed E-state index contributed by atoms with van der Waals surface area (Å²) >= 11 is 0. The molecule has 0 unspecified atom stereocenters. The van der Waals surface area contributed by atoms with E-state index in [1.165, 1.54) is 0 Å². The number of fused-ring (bicyclic) bond motifs is 1. The lowest BCUT2D eigenvalue weighted by molar-refractivity contribution is -0.115. The van der Waals surface area contributed by atoms with Gasteiger partial charge in [-0.3, -0.25) is 4.79 Å². The molecule has 0 saturated heterocycles.